The second kappa shape index (κ2) is 9.86. The van der Waals surface area contributed by atoms with Gasteiger partial charge in [-0.05, 0) is 103 Å². The molecule has 0 spiro atoms. The lowest BCUT2D eigenvalue weighted by Crippen LogP contribution is -2.55. The summed E-state index contributed by atoms with van der Waals surface area (Å²) >= 11 is 0. The van der Waals surface area contributed by atoms with Crippen LogP contribution in [-0.2, 0) is 5.41 Å². The van der Waals surface area contributed by atoms with Crippen molar-refractivity contribution < 1.29 is 0 Å². The maximum absolute atomic E-state index is 2.87. The number of nitrogens with zero attached hydrogens (tertiary/aromatic N) is 2. The van der Waals surface area contributed by atoms with E-state index in [1.807, 2.05) is 0 Å². The Morgan fingerprint density at radius 3 is 2.49 bits per heavy atom. The van der Waals surface area contributed by atoms with Crippen molar-refractivity contribution in [1.82, 2.24) is 9.80 Å². The summed E-state index contributed by atoms with van der Waals surface area (Å²) < 4.78 is 0. The number of allylic oxidation sites excluding steroid dienone is 7. The number of rotatable bonds is 2. The maximum atomic E-state index is 2.87. The highest BCUT2D eigenvalue weighted by atomic mass is 15.3. The molecule has 7 aliphatic rings. The summed E-state index contributed by atoms with van der Waals surface area (Å²) in [5.74, 6) is 1.28. The van der Waals surface area contributed by atoms with Gasteiger partial charge in [-0.25, -0.2) is 0 Å². The predicted octanol–water partition coefficient (Wildman–Crippen LogP) is 10.1. The Balaban J connectivity index is 1.20. The third kappa shape index (κ3) is 3.75. The Kier molecular flexibility index (Phi) is 6.03. The van der Waals surface area contributed by atoms with Gasteiger partial charge in [-0.2, -0.15) is 0 Å². The normalized spacial score (nSPS) is 33.7. The zero-order valence-electron chi connectivity index (χ0n) is 27.3. The standard InChI is InChI=1S/C43H46N2/c1-28-22-23-38(40-39(28)34-19-10-12-20-35(34)42(40,2)3)44-27-25-36-41-33(24-26-43(36,44)4)31-17-9-8-16-30(31)32-18-11-13-21-37(32)45(41)29-14-6-5-7-15-29/h6,8-21,25,27-28,32,36-38H,5,7,22-24,26H2,1-4H3/t28?,32?,36-,37?,38?,43?/m1/s1. The molecule has 2 heteroatoms. The third-order valence-electron chi connectivity index (χ3n) is 12.6. The molecule has 2 heterocycles. The lowest BCUT2D eigenvalue weighted by molar-refractivity contribution is 0.0831. The van der Waals surface area contributed by atoms with Crippen LogP contribution in [0.3, 0.4) is 0 Å². The second-order valence-corrected chi connectivity index (χ2v) is 15.3. The monoisotopic (exact) mass is 590 g/mol. The number of fused-ring (bicyclic) bond motifs is 8. The van der Waals surface area contributed by atoms with Gasteiger partial charge in [0.05, 0.1) is 12.1 Å². The summed E-state index contributed by atoms with van der Waals surface area (Å²) in [5, 5.41) is 0. The fourth-order valence-corrected chi connectivity index (χ4v) is 10.5. The van der Waals surface area contributed by atoms with Crippen LogP contribution in [0, 0.1) is 11.8 Å². The van der Waals surface area contributed by atoms with E-state index in [0.717, 1.165) is 19.3 Å². The minimum absolute atomic E-state index is 0.0211. The lowest BCUT2D eigenvalue weighted by atomic mass is 9.68. The highest BCUT2D eigenvalue weighted by molar-refractivity contribution is 5.83. The van der Waals surface area contributed by atoms with Gasteiger partial charge in [-0.15, -0.1) is 0 Å². The van der Waals surface area contributed by atoms with Crippen molar-refractivity contribution in [2.75, 3.05) is 0 Å². The van der Waals surface area contributed by atoms with Gasteiger partial charge in [0.25, 0.3) is 0 Å². The van der Waals surface area contributed by atoms with E-state index in [9.17, 15) is 0 Å². The third-order valence-corrected chi connectivity index (χ3v) is 12.6. The Labute approximate surface area is 269 Å². The molecule has 0 saturated heterocycles. The molecule has 0 bridgehead atoms. The predicted molar refractivity (Wildman–Crippen MR) is 187 cm³/mol. The van der Waals surface area contributed by atoms with E-state index in [1.54, 1.807) is 22.4 Å². The molecule has 0 amide bonds. The van der Waals surface area contributed by atoms with Gasteiger partial charge in [0.15, 0.2) is 0 Å². The molecular formula is C43H46N2. The summed E-state index contributed by atoms with van der Waals surface area (Å²) in [4.78, 5) is 5.65. The van der Waals surface area contributed by atoms with Crippen LogP contribution in [0.25, 0.3) is 11.1 Å². The molecule has 45 heavy (non-hydrogen) atoms. The molecule has 6 atom stereocenters. The molecule has 0 saturated carbocycles. The number of hydrogen-bond donors (Lipinski definition) is 0. The Bertz CT molecular complexity index is 1810. The van der Waals surface area contributed by atoms with Gasteiger partial charge in [0, 0.05) is 34.2 Å². The SMILES string of the molecule is CC1CCC(N2C=C[C@@H]3C4=C(CCC32C)c2ccccc2C2C=CC=CC2N4C2=CCCC=C2)C2=C1c1ccccc1C2(C)C. The molecule has 228 valence electrons. The molecule has 2 aliphatic heterocycles. The van der Waals surface area contributed by atoms with E-state index in [2.05, 4.69) is 141 Å². The molecule has 2 aromatic rings. The summed E-state index contributed by atoms with van der Waals surface area (Å²) in [6.07, 6.45) is 28.9. The first kappa shape index (κ1) is 27.5. The van der Waals surface area contributed by atoms with Crippen molar-refractivity contribution in [3.63, 3.8) is 0 Å². The van der Waals surface area contributed by atoms with Crippen molar-refractivity contribution in [1.29, 1.82) is 0 Å². The van der Waals surface area contributed by atoms with Gasteiger partial charge < -0.3 is 9.80 Å². The molecule has 2 nitrogen and oxygen atoms in total. The summed E-state index contributed by atoms with van der Waals surface area (Å²) in [6, 6.07) is 19.3. The fraction of sp³-hybridized carbons (Fsp3) is 0.395. The molecule has 0 fully saturated rings. The average molecular weight is 591 g/mol. The number of hydrogen-bond acceptors (Lipinski definition) is 2. The molecule has 0 aromatic heterocycles. The molecule has 5 aliphatic carbocycles. The van der Waals surface area contributed by atoms with Crippen LogP contribution in [0.4, 0.5) is 0 Å². The molecule has 5 unspecified atom stereocenters. The summed E-state index contributed by atoms with van der Waals surface area (Å²) in [5.41, 5.74) is 13.9. The highest BCUT2D eigenvalue weighted by Crippen LogP contribution is 2.60. The topological polar surface area (TPSA) is 6.48 Å². The van der Waals surface area contributed by atoms with Crippen molar-refractivity contribution in [2.24, 2.45) is 11.8 Å². The van der Waals surface area contributed by atoms with E-state index in [-0.39, 0.29) is 17.0 Å². The highest BCUT2D eigenvalue weighted by Gasteiger charge is 2.55. The molecular weight excluding hydrogens is 544 g/mol. The summed E-state index contributed by atoms with van der Waals surface area (Å²) in [7, 11) is 0. The summed E-state index contributed by atoms with van der Waals surface area (Å²) in [6.45, 7) is 10.1. The molecule has 0 N–H and O–H groups in total. The first-order chi connectivity index (χ1) is 21.9. The van der Waals surface area contributed by atoms with E-state index in [0.29, 0.717) is 23.8 Å². The van der Waals surface area contributed by atoms with E-state index >= 15 is 0 Å². The van der Waals surface area contributed by atoms with Crippen LogP contribution in [0.2, 0.25) is 0 Å². The van der Waals surface area contributed by atoms with Crippen molar-refractivity contribution in [2.45, 2.75) is 95.2 Å². The van der Waals surface area contributed by atoms with E-state index in [4.69, 9.17) is 0 Å². The fourth-order valence-electron chi connectivity index (χ4n) is 10.5. The first-order valence-electron chi connectivity index (χ1n) is 17.5. The van der Waals surface area contributed by atoms with Crippen LogP contribution >= 0.6 is 0 Å². The lowest BCUT2D eigenvalue weighted by Gasteiger charge is -2.53. The van der Waals surface area contributed by atoms with Gasteiger partial charge in [-0.3, -0.25) is 0 Å². The van der Waals surface area contributed by atoms with Crippen LogP contribution in [0.15, 0.2) is 120 Å². The minimum atomic E-state index is 0.0211. The Morgan fingerprint density at radius 2 is 1.64 bits per heavy atom. The molecule has 0 radical (unpaired) electrons. The van der Waals surface area contributed by atoms with E-state index in [1.165, 1.54) is 47.2 Å². The second-order valence-electron chi connectivity index (χ2n) is 15.3. The smallest absolute Gasteiger partial charge is 0.0626 e. The first-order valence-corrected chi connectivity index (χ1v) is 17.5. The van der Waals surface area contributed by atoms with Crippen LogP contribution in [-0.4, -0.2) is 27.4 Å². The van der Waals surface area contributed by atoms with Crippen molar-refractivity contribution >= 4 is 11.1 Å². The molecule has 2 aromatic carbocycles. The molecule has 9 rings (SSSR count). The van der Waals surface area contributed by atoms with E-state index < -0.39 is 0 Å². The zero-order valence-corrected chi connectivity index (χ0v) is 27.3. The largest absolute Gasteiger partial charge is 0.365 e. The quantitative estimate of drug-likeness (QED) is 0.343. The van der Waals surface area contributed by atoms with Crippen LogP contribution in [0.5, 0.6) is 0 Å². The average Bonchev–Trinajstić information content (AvgIpc) is 3.49. The number of benzene rings is 2. The van der Waals surface area contributed by atoms with Crippen LogP contribution in [0.1, 0.15) is 94.4 Å². The van der Waals surface area contributed by atoms with Crippen molar-refractivity contribution in [3.8, 4) is 0 Å². The van der Waals surface area contributed by atoms with Gasteiger partial charge in [0.2, 0.25) is 0 Å². The van der Waals surface area contributed by atoms with Gasteiger partial charge >= 0.3 is 0 Å². The zero-order chi connectivity index (χ0) is 30.5. The Hall–Kier alpha value is -3.78. The van der Waals surface area contributed by atoms with Gasteiger partial charge in [-0.1, -0.05) is 112 Å². The maximum Gasteiger partial charge on any atom is 0.0626 e. The van der Waals surface area contributed by atoms with Crippen molar-refractivity contribution in [3.05, 3.63) is 143 Å². The van der Waals surface area contributed by atoms with Crippen LogP contribution < -0.4 is 0 Å². The minimum Gasteiger partial charge on any atom is -0.365 e. The Morgan fingerprint density at radius 1 is 0.844 bits per heavy atom. The van der Waals surface area contributed by atoms with Gasteiger partial charge in [0.1, 0.15) is 0 Å².